The third kappa shape index (κ3) is 5.11. The van der Waals surface area contributed by atoms with E-state index in [4.69, 9.17) is 9.47 Å². The van der Waals surface area contributed by atoms with Crippen molar-refractivity contribution >= 4 is 29.2 Å². The fourth-order valence-corrected chi connectivity index (χ4v) is 3.91. The van der Waals surface area contributed by atoms with Crippen molar-refractivity contribution < 1.29 is 43.8 Å². The summed E-state index contributed by atoms with van der Waals surface area (Å²) in [5.41, 5.74) is -3.31. The summed E-state index contributed by atoms with van der Waals surface area (Å²) in [5, 5.41) is 33.3. The number of ketones is 2. The largest absolute Gasteiger partial charge is 0.504 e. The van der Waals surface area contributed by atoms with Gasteiger partial charge in [0.25, 0.3) is 5.69 Å². The first-order chi connectivity index (χ1) is 19.1. The van der Waals surface area contributed by atoms with Crippen LogP contribution in [0.3, 0.4) is 0 Å². The van der Waals surface area contributed by atoms with Crippen LogP contribution in [0.25, 0.3) is 0 Å². The molecule has 4 aromatic rings. The van der Waals surface area contributed by atoms with Gasteiger partial charge in [0.05, 0.1) is 34.3 Å². The molecule has 0 fully saturated rings. The van der Waals surface area contributed by atoms with Crippen molar-refractivity contribution in [2.75, 3.05) is 7.11 Å². The van der Waals surface area contributed by atoms with E-state index >= 15 is 0 Å². The summed E-state index contributed by atoms with van der Waals surface area (Å²) in [4.78, 5) is 63.9. The Morgan fingerprint density at radius 2 is 1.23 bits per heavy atom. The number of phenols is 2. The molecule has 0 saturated carbocycles. The molecule has 11 nitrogen and oxygen atoms in total. The van der Waals surface area contributed by atoms with E-state index in [0.717, 1.165) is 19.2 Å². The molecule has 0 amide bonds. The zero-order valence-electron chi connectivity index (χ0n) is 20.7. The van der Waals surface area contributed by atoms with Gasteiger partial charge in [-0.05, 0) is 12.1 Å². The lowest BCUT2D eigenvalue weighted by Crippen LogP contribution is -2.21. The number of hydrogen-bond donors (Lipinski definition) is 2. The van der Waals surface area contributed by atoms with Crippen molar-refractivity contribution in [2.24, 2.45) is 0 Å². The lowest BCUT2D eigenvalue weighted by atomic mass is 9.88. The van der Waals surface area contributed by atoms with Gasteiger partial charge in [-0.25, -0.2) is 9.59 Å². The Kier molecular flexibility index (Phi) is 7.67. The molecule has 200 valence electrons. The fraction of sp³-hybridized carbons (Fsp3) is 0.0345. The number of phenolic OH excluding ortho intramolecular Hbond substituents is 2. The number of nitro groups is 1. The predicted molar refractivity (Wildman–Crippen MR) is 139 cm³/mol. The molecule has 0 atom stereocenters. The van der Waals surface area contributed by atoms with Gasteiger partial charge in [0.2, 0.25) is 5.75 Å². The molecule has 0 radical (unpaired) electrons. The highest BCUT2D eigenvalue weighted by Gasteiger charge is 2.37. The molecule has 0 heterocycles. The molecule has 0 aliphatic heterocycles. The van der Waals surface area contributed by atoms with Crippen LogP contribution >= 0.6 is 0 Å². The molecular formula is C29H19NO10. The van der Waals surface area contributed by atoms with E-state index in [-0.39, 0.29) is 16.7 Å². The normalized spacial score (nSPS) is 10.4. The van der Waals surface area contributed by atoms with Crippen molar-refractivity contribution in [1.29, 1.82) is 0 Å². The van der Waals surface area contributed by atoms with E-state index in [1.165, 1.54) is 60.7 Å². The molecule has 0 bridgehead atoms. The standard InChI is InChI=1S/C29H19NO10/c1-39-29(36)20-21(23(31)16-9-4-2-5-10-16)25(33)26(34)27(40-28(35)17-11-6-3-7-12-17)22(20)24(32)18-13-8-14-19(15-18)30(37)38/h2-15,33-34H,1H3. The maximum atomic E-state index is 13.9. The Morgan fingerprint density at radius 3 is 1.80 bits per heavy atom. The summed E-state index contributed by atoms with van der Waals surface area (Å²) in [6, 6.07) is 19.2. The van der Waals surface area contributed by atoms with Gasteiger partial charge < -0.3 is 19.7 Å². The first-order valence-electron chi connectivity index (χ1n) is 11.5. The van der Waals surface area contributed by atoms with Gasteiger partial charge in [-0.2, -0.15) is 0 Å². The molecule has 0 spiro atoms. The minimum Gasteiger partial charge on any atom is -0.504 e. The Hall–Kier alpha value is -5.84. The molecule has 0 aliphatic carbocycles. The number of hydrogen-bond acceptors (Lipinski definition) is 10. The predicted octanol–water partition coefficient (Wildman–Crippen LogP) is 4.47. The van der Waals surface area contributed by atoms with Crippen LogP contribution in [-0.2, 0) is 4.74 Å². The van der Waals surface area contributed by atoms with Gasteiger partial charge in [0.15, 0.2) is 23.1 Å². The third-order valence-corrected chi connectivity index (χ3v) is 5.81. The highest BCUT2D eigenvalue weighted by Crippen LogP contribution is 2.46. The van der Waals surface area contributed by atoms with Gasteiger partial charge in [-0.1, -0.05) is 60.7 Å². The summed E-state index contributed by atoms with van der Waals surface area (Å²) in [5.74, 6) is -7.78. The lowest BCUT2D eigenvalue weighted by molar-refractivity contribution is -0.384. The number of nitro benzene ring substituents is 1. The molecule has 0 unspecified atom stereocenters. The SMILES string of the molecule is COC(=O)c1c(C(=O)c2ccccc2)c(O)c(O)c(OC(=O)c2ccccc2)c1C(=O)c1cccc([N+](=O)[O-])c1. The van der Waals surface area contributed by atoms with Gasteiger partial charge in [-0.3, -0.25) is 19.7 Å². The zero-order chi connectivity index (χ0) is 29.0. The maximum Gasteiger partial charge on any atom is 0.343 e. The average molecular weight is 541 g/mol. The molecule has 4 aromatic carbocycles. The number of nitrogens with zero attached hydrogens (tertiary/aromatic N) is 1. The zero-order valence-corrected chi connectivity index (χ0v) is 20.7. The molecule has 0 aliphatic rings. The van der Waals surface area contributed by atoms with Crippen LogP contribution < -0.4 is 4.74 Å². The van der Waals surface area contributed by atoms with Gasteiger partial charge in [0.1, 0.15) is 0 Å². The number of non-ortho nitro benzene ring substituents is 1. The lowest BCUT2D eigenvalue weighted by Gasteiger charge is -2.19. The van der Waals surface area contributed by atoms with Crippen LogP contribution in [0.2, 0.25) is 0 Å². The average Bonchev–Trinajstić information content (AvgIpc) is 2.99. The van der Waals surface area contributed by atoms with E-state index in [9.17, 15) is 39.5 Å². The van der Waals surface area contributed by atoms with E-state index < -0.39 is 68.1 Å². The number of ether oxygens (including phenoxy) is 2. The third-order valence-electron chi connectivity index (χ3n) is 5.81. The van der Waals surface area contributed by atoms with E-state index in [0.29, 0.717) is 0 Å². The second kappa shape index (κ2) is 11.3. The minimum absolute atomic E-state index is 0.0146. The van der Waals surface area contributed by atoms with Crippen molar-refractivity contribution in [3.8, 4) is 17.2 Å². The van der Waals surface area contributed by atoms with Crippen molar-refractivity contribution in [2.45, 2.75) is 0 Å². The molecular weight excluding hydrogens is 522 g/mol. The number of methoxy groups -OCH3 is 1. The van der Waals surface area contributed by atoms with Crippen molar-refractivity contribution in [3.05, 3.63) is 128 Å². The summed E-state index contributed by atoms with van der Waals surface area (Å²) in [6.45, 7) is 0. The van der Waals surface area contributed by atoms with Crippen LogP contribution in [0.15, 0.2) is 84.9 Å². The summed E-state index contributed by atoms with van der Waals surface area (Å²) in [7, 11) is 0.945. The number of benzene rings is 4. The number of carbonyl (C=O) groups excluding carboxylic acids is 4. The van der Waals surface area contributed by atoms with E-state index in [2.05, 4.69) is 0 Å². The molecule has 40 heavy (non-hydrogen) atoms. The molecule has 2 N–H and O–H groups in total. The molecule has 0 aromatic heterocycles. The van der Waals surface area contributed by atoms with Crippen LogP contribution in [-0.4, -0.2) is 45.8 Å². The summed E-state index contributed by atoms with van der Waals surface area (Å²) < 4.78 is 10.1. The van der Waals surface area contributed by atoms with Crippen LogP contribution in [0.4, 0.5) is 5.69 Å². The fourth-order valence-electron chi connectivity index (χ4n) is 3.91. The van der Waals surface area contributed by atoms with Gasteiger partial charge >= 0.3 is 11.9 Å². The smallest absolute Gasteiger partial charge is 0.343 e. The first kappa shape index (κ1) is 27.2. The summed E-state index contributed by atoms with van der Waals surface area (Å²) >= 11 is 0. The van der Waals surface area contributed by atoms with Crippen LogP contribution in [0.5, 0.6) is 17.2 Å². The van der Waals surface area contributed by atoms with E-state index in [1.54, 1.807) is 12.1 Å². The molecule has 11 heteroatoms. The number of carbonyl (C=O) groups is 4. The van der Waals surface area contributed by atoms with E-state index in [1.807, 2.05) is 0 Å². The molecule has 4 rings (SSSR count). The maximum absolute atomic E-state index is 13.9. The number of rotatable bonds is 8. The van der Waals surface area contributed by atoms with Gasteiger partial charge in [0, 0.05) is 23.3 Å². The monoisotopic (exact) mass is 541 g/mol. The number of esters is 2. The van der Waals surface area contributed by atoms with Crippen molar-refractivity contribution in [3.63, 3.8) is 0 Å². The Morgan fingerprint density at radius 1 is 0.675 bits per heavy atom. The quantitative estimate of drug-likeness (QED) is 0.0810. The molecule has 0 saturated heterocycles. The Labute approximate surface area is 226 Å². The Balaban J connectivity index is 2.06. The number of aromatic hydroxyl groups is 2. The first-order valence-corrected chi connectivity index (χ1v) is 11.5. The van der Waals surface area contributed by atoms with Crippen molar-refractivity contribution in [1.82, 2.24) is 0 Å². The minimum atomic E-state index is -1.29. The highest BCUT2D eigenvalue weighted by atomic mass is 16.6. The van der Waals surface area contributed by atoms with Gasteiger partial charge in [-0.15, -0.1) is 0 Å². The highest BCUT2D eigenvalue weighted by molar-refractivity contribution is 6.24. The Bertz CT molecular complexity index is 1660. The summed E-state index contributed by atoms with van der Waals surface area (Å²) in [6.07, 6.45) is 0. The van der Waals surface area contributed by atoms with Crippen LogP contribution in [0.1, 0.15) is 52.6 Å². The second-order valence-corrected chi connectivity index (χ2v) is 8.23. The van der Waals surface area contributed by atoms with Crippen LogP contribution in [0, 0.1) is 10.1 Å². The second-order valence-electron chi connectivity index (χ2n) is 8.23. The topological polar surface area (TPSA) is 170 Å².